The van der Waals surface area contributed by atoms with Crippen molar-refractivity contribution in [3.05, 3.63) is 72.7 Å². The molecule has 7 heteroatoms. The van der Waals surface area contributed by atoms with Crippen molar-refractivity contribution in [2.45, 2.75) is 24.4 Å². The molecule has 144 valence electrons. The van der Waals surface area contributed by atoms with Crippen molar-refractivity contribution < 1.29 is 8.42 Å². The van der Waals surface area contributed by atoms with Crippen molar-refractivity contribution in [2.24, 2.45) is 0 Å². The van der Waals surface area contributed by atoms with Gasteiger partial charge >= 0.3 is 0 Å². The molecule has 0 saturated heterocycles. The lowest BCUT2D eigenvalue weighted by Crippen LogP contribution is -2.39. The van der Waals surface area contributed by atoms with E-state index >= 15 is 0 Å². The minimum absolute atomic E-state index is 0.247. The number of hydrogen-bond acceptors (Lipinski definition) is 4. The summed E-state index contributed by atoms with van der Waals surface area (Å²) in [7, 11) is -3.59. The second-order valence-electron chi connectivity index (χ2n) is 6.90. The Bertz CT molecular complexity index is 1220. The largest absolute Gasteiger partial charge is 0.361 e. The number of nitrogens with zero attached hydrogens (tertiary/aromatic N) is 1. The standard InChI is InChI=1S/C21H22N4O2S/c1-15(11-23-13-18-14-24-21-5-3-2-4-20(18)21)25-28(26,27)19-7-6-17-12-22-9-8-16(17)10-19/h2-10,12,14-15,23-25H,11,13H2,1H3/t15-/m1/s1. The lowest BCUT2D eigenvalue weighted by atomic mass is 10.2. The molecule has 0 aliphatic heterocycles. The molecule has 2 aromatic heterocycles. The number of nitrogens with one attached hydrogen (secondary N) is 3. The first-order valence-corrected chi connectivity index (χ1v) is 10.6. The number of H-pyrrole nitrogens is 1. The van der Waals surface area contributed by atoms with Crippen LogP contribution < -0.4 is 10.0 Å². The lowest BCUT2D eigenvalue weighted by molar-refractivity contribution is 0.537. The first-order valence-electron chi connectivity index (χ1n) is 9.15. The van der Waals surface area contributed by atoms with E-state index in [-0.39, 0.29) is 10.9 Å². The van der Waals surface area contributed by atoms with Crippen LogP contribution in [-0.2, 0) is 16.6 Å². The van der Waals surface area contributed by atoms with E-state index in [1.807, 2.05) is 31.3 Å². The van der Waals surface area contributed by atoms with Crippen molar-refractivity contribution in [1.29, 1.82) is 0 Å². The fourth-order valence-electron chi connectivity index (χ4n) is 3.30. The van der Waals surface area contributed by atoms with Gasteiger partial charge in [-0.2, -0.15) is 0 Å². The summed E-state index contributed by atoms with van der Waals surface area (Å²) >= 11 is 0. The average Bonchev–Trinajstić information content (AvgIpc) is 3.10. The second kappa shape index (κ2) is 7.71. The maximum Gasteiger partial charge on any atom is 0.240 e. The second-order valence-corrected chi connectivity index (χ2v) is 8.61. The van der Waals surface area contributed by atoms with Gasteiger partial charge in [0.25, 0.3) is 0 Å². The van der Waals surface area contributed by atoms with E-state index in [4.69, 9.17) is 0 Å². The van der Waals surface area contributed by atoms with Crippen LogP contribution in [0.5, 0.6) is 0 Å². The zero-order valence-corrected chi connectivity index (χ0v) is 16.3. The molecule has 3 N–H and O–H groups in total. The van der Waals surface area contributed by atoms with E-state index in [2.05, 4.69) is 26.1 Å². The van der Waals surface area contributed by atoms with Crippen LogP contribution in [0.25, 0.3) is 21.7 Å². The summed E-state index contributed by atoms with van der Waals surface area (Å²) in [6.07, 6.45) is 5.36. The van der Waals surface area contributed by atoms with Crippen molar-refractivity contribution >= 4 is 31.7 Å². The van der Waals surface area contributed by atoms with Gasteiger partial charge in [0, 0.05) is 54.0 Å². The molecule has 2 aromatic carbocycles. The van der Waals surface area contributed by atoms with Crippen LogP contribution in [0, 0.1) is 0 Å². The van der Waals surface area contributed by atoms with Gasteiger partial charge in [-0.05, 0) is 42.1 Å². The molecule has 0 radical (unpaired) electrons. The van der Waals surface area contributed by atoms with E-state index in [0.717, 1.165) is 21.9 Å². The number of aromatic nitrogens is 2. The molecular formula is C21H22N4O2S. The molecule has 1 atom stereocenters. The molecule has 0 spiro atoms. The van der Waals surface area contributed by atoms with Gasteiger partial charge in [-0.3, -0.25) is 4.98 Å². The number of benzene rings is 2. The highest BCUT2D eigenvalue weighted by Gasteiger charge is 2.17. The Morgan fingerprint density at radius 3 is 2.86 bits per heavy atom. The third kappa shape index (κ3) is 3.91. The van der Waals surface area contributed by atoms with Gasteiger partial charge < -0.3 is 10.3 Å². The molecule has 0 saturated carbocycles. The Morgan fingerprint density at radius 1 is 1.11 bits per heavy atom. The first-order chi connectivity index (χ1) is 13.5. The number of sulfonamides is 1. The quantitative estimate of drug-likeness (QED) is 0.449. The molecule has 28 heavy (non-hydrogen) atoms. The minimum Gasteiger partial charge on any atom is -0.361 e. The first kappa shape index (κ1) is 18.6. The predicted molar refractivity (Wildman–Crippen MR) is 112 cm³/mol. The molecule has 0 aliphatic rings. The summed E-state index contributed by atoms with van der Waals surface area (Å²) in [5.74, 6) is 0. The van der Waals surface area contributed by atoms with Crippen LogP contribution in [0.1, 0.15) is 12.5 Å². The van der Waals surface area contributed by atoms with Crippen molar-refractivity contribution in [3.8, 4) is 0 Å². The molecular weight excluding hydrogens is 372 g/mol. The maximum absolute atomic E-state index is 12.7. The minimum atomic E-state index is -3.59. The van der Waals surface area contributed by atoms with Gasteiger partial charge in [0.1, 0.15) is 0 Å². The molecule has 0 bridgehead atoms. The fourth-order valence-corrected chi connectivity index (χ4v) is 4.58. The zero-order valence-electron chi connectivity index (χ0n) is 15.5. The van der Waals surface area contributed by atoms with Gasteiger partial charge in [-0.15, -0.1) is 0 Å². The molecule has 6 nitrogen and oxygen atoms in total. The van der Waals surface area contributed by atoms with Crippen LogP contribution in [0.3, 0.4) is 0 Å². The summed E-state index contributed by atoms with van der Waals surface area (Å²) < 4.78 is 28.1. The van der Waals surface area contributed by atoms with Crippen molar-refractivity contribution in [1.82, 2.24) is 20.0 Å². The Balaban J connectivity index is 1.38. The summed E-state index contributed by atoms with van der Waals surface area (Å²) in [5, 5.41) is 6.26. The van der Waals surface area contributed by atoms with Gasteiger partial charge in [0.15, 0.2) is 0 Å². The Labute approximate surface area is 164 Å². The summed E-state index contributed by atoms with van der Waals surface area (Å²) in [5.41, 5.74) is 2.26. The van der Waals surface area contributed by atoms with Crippen molar-refractivity contribution in [2.75, 3.05) is 6.54 Å². The highest BCUT2D eigenvalue weighted by atomic mass is 32.2. The number of hydrogen-bond donors (Lipinski definition) is 3. The van der Waals surface area contributed by atoms with Crippen LogP contribution >= 0.6 is 0 Å². The molecule has 4 rings (SSSR count). The SMILES string of the molecule is C[C@H](CNCc1c[nH]c2ccccc12)NS(=O)(=O)c1ccc2cnccc2c1. The third-order valence-electron chi connectivity index (χ3n) is 4.72. The Hall–Kier alpha value is -2.74. The molecule has 0 fully saturated rings. The maximum atomic E-state index is 12.7. The van der Waals surface area contributed by atoms with Gasteiger partial charge in [-0.25, -0.2) is 13.1 Å². The molecule has 0 amide bonds. The molecule has 2 heterocycles. The topological polar surface area (TPSA) is 86.9 Å². The Morgan fingerprint density at radius 2 is 1.96 bits per heavy atom. The Kier molecular flexibility index (Phi) is 5.13. The van der Waals surface area contributed by atoms with E-state index < -0.39 is 10.0 Å². The highest BCUT2D eigenvalue weighted by Crippen LogP contribution is 2.19. The highest BCUT2D eigenvalue weighted by molar-refractivity contribution is 7.89. The van der Waals surface area contributed by atoms with Gasteiger partial charge in [0.2, 0.25) is 10.0 Å². The number of para-hydroxylation sites is 1. The van der Waals surface area contributed by atoms with E-state index in [0.29, 0.717) is 13.1 Å². The molecule has 4 aromatic rings. The molecule has 0 unspecified atom stereocenters. The summed E-state index contributed by atoms with van der Waals surface area (Å²) in [4.78, 5) is 7.55. The van der Waals surface area contributed by atoms with Crippen LogP contribution in [0.2, 0.25) is 0 Å². The summed E-state index contributed by atoms with van der Waals surface area (Å²) in [6.45, 7) is 3.04. The number of pyridine rings is 1. The lowest BCUT2D eigenvalue weighted by Gasteiger charge is -2.15. The third-order valence-corrected chi connectivity index (χ3v) is 6.31. The van der Waals surface area contributed by atoms with Crippen molar-refractivity contribution in [3.63, 3.8) is 0 Å². The zero-order chi connectivity index (χ0) is 19.6. The number of aromatic amines is 1. The summed E-state index contributed by atoms with van der Waals surface area (Å²) in [6, 6.07) is 14.7. The van der Waals surface area contributed by atoms with Crippen LogP contribution in [-0.4, -0.2) is 31.0 Å². The number of fused-ring (bicyclic) bond motifs is 2. The van der Waals surface area contributed by atoms with Crippen LogP contribution in [0.15, 0.2) is 72.0 Å². The smallest absolute Gasteiger partial charge is 0.240 e. The van der Waals surface area contributed by atoms with Gasteiger partial charge in [-0.1, -0.05) is 24.3 Å². The average molecular weight is 395 g/mol. The normalized spacial score (nSPS) is 13.2. The van der Waals surface area contributed by atoms with E-state index in [1.165, 1.54) is 5.39 Å². The van der Waals surface area contributed by atoms with Gasteiger partial charge in [0.05, 0.1) is 4.90 Å². The monoisotopic (exact) mass is 394 g/mol. The molecule has 0 aliphatic carbocycles. The van der Waals surface area contributed by atoms with E-state index in [1.54, 1.807) is 36.7 Å². The fraction of sp³-hybridized carbons (Fsp3) is 0.190. The predicted octanol–water partition coefficient (Wildman–Crippen LogP) is 3.17. The van der Waals surface area contributed by atoms with E-state index in [9.17, 15) is 8.42 Å². The number of rotatable bonds is 7. The van der Waals surface area contributed by atoms with Crippen LogP contribution in [0.4, 0.5) is 0 Å².